The lowest BCUT2D eigenvalue weighted by atomic mass is 10.1. The third kappa shape index (κ3) is 4.49. The zero-order chi connectivity index (χ0) is 15.9. The number of hydrogen-bond acceptors (Lipinski definition) is 4. The Labute approximate surface area is 137 Å². The molecular formula is C17H23N3OS. The first-order valence-electron chi connectivity index (χ1n) is 7.67. The molecule has 1 aliphatic heterocycles. The second kappa shape index (κ2) is 8.21. The highest BCUT2D eigenvalue weighted by atomic mass is 32.2. The minimum absolute atomic E-state index is 0.0464. The summed E-state index contributed by atoms with van der Waals surface area (Å²) < 4.78 is 0. The van der Waals surface area contributed by atoms with E-state index in [9.17, 15) is 4.79 Å². The van der Waals surface area contributed by atoms with Crippen molar-refractivity contribution in [2.75, 3.05) is 32.4 Å². The zero-order valence-corrected chi connectivity index (χ0v) is 14.1. The van der Waals surface area contributed by atoms with E-state index in [1.165, 1.54) is 5.56 Å². The molecule has 1 atom stereocenters. The Hall–Kier alpha value is -1.51. The van der Waals surface area contributed by atoms with Crippen molar-refractivity contribution in [3.05, 3.63) is 35.4 Å². The van der Waals surface area contributed by atoms with Gasteiger partial charge in [0.15, 0.2) is 0 Å². The molecule has 0 unspecified atom stereocenters. The molecule has 1 amide bonds. The molecule has 4 nitrogen and oxygen atoms in total. The Bertz CT molecular complexity index is 538. The summed E-state index contributed by atoms with van der Waals surface area (Å²) in [6.45, 7) is 6.44. The van der Waals surface area contributed by atoms with E-state index < -0.39 is 0 Å². The Kier molecular flexibility index (Phi) is 6.29. The smallest absolute Gasteiger partial charge is 0.235 e. The third-order valence-electron chi connectivity index (χ3n) is 4.09. The van der Waals surface area contributed by atoms with Crippen LogP contribution in [0.3, 0.4) is 0 Å². The minimum Gasteiger partial charge on any atom is -0.340 e. The number of nitrogens with zero attached hydrogens (tertiary/aromatic N) is 3. The molecule has 118 valence electrons. The number of benzene rings is 1. The van der Waals surface area contributed by atoms with E-state index >= 15 is 0 Å². The first-order valence-corrected chi connectivity index (χ1v) is 8.96. The number of thioether (sulfide) groups is 1. The molecule has 1 fully saturated rings. The third-order valence-corrected chi connectivity index (χ3v) is 5.00. The van der Waals surface area contributed by atoms with Crippen molar-refractivity contribution in [2.45, 2.75) is 25.1 Å². The molecule has 0 saturated carbocycles. The van der Waals surface area contributed by atoms with Gasteiger partial charge < -0.3 is 4.90 Å². The van der Waals surface area contributed by atoms with Gasteiger partial charge in [0.05, 0.1) is 16.9 Å². The fraction of sp³-hybridized carbons (Fsp3) is 0.529. The topological polar surface area (TPSA) is 47.3 Å². The van der Waals surface area contributed by atoms with Crippen molar-refractivity contribution in [3.63, 3.8) is 0 Å². The normalized spacial score (nSPS) is 17.6. The van der Waals surface area contributed by atoms with Gasteiger partial charge in [-0.1, -0.05) is 12.1 Å². The van der Waals surface area contributed by atoms with Crippen LogP contribution in [0.15, 0.2) is 24.3 Å². The van der Waals surface area contributed by atoms with Crippen LogP contribution in [0, 0.1) is 11.3 Å². The highest BCUT2D eigenvalue weighted by Crippen LogP contribution is 2.14. The Balaban J connectivity index is 1.90. The Morgan fingerprint density at radius 1 is 1.27 bits per heavy atom. The second-order valence-corrected chi connectivity index (χ2v) is 6.82. The van der Waals surface area contributed by atoms with Gasteiger partial charge in [-0.15, -0.1) is 0 Å². The van der Waals surface area contributed by atoms with Crippen molar-refractivity contribution in [3.8, 4) is 6.07 Å². The maximum atomic E-state index is 12.3. The van der Waals surface area contributed by atoms with Crippen molar-refractivity contribution in [2.24, 2.45) is 0 Å². The maximum Gasteiger partial charge on any atom is 0.235 e. The number of carbonyl (C=O) groups excluding carboxylic acids is 1. The average molecular weight is 317 g/mol. The van der Waals surface area contributed by atoms with Crippen molar-refractivity contribution >= 4 is 17.7 Å². The van der Waals surface area contributed by atoms with E-state index in [-0.39, 0.29) is 11.2 Å². The number of hydrogen-bond donors (Lipinski definition) is 0. The molecule has 1 aliphatic rings. The van der Waals surface area contributed by atoms with Gasteiger partial charge in [-0.3, -0.25) is 9.69 Å². The monoisotopic (exact) mass is 317 g/mol. The minimum atomic E-state index is 0.0464. The van der Waals surface area contributed by atoms with Crippen LogP contribution < -0.4 is 0 Å². The summed E-state index contributed by atoms with van der Waals surface area (Å²) in [6, 6.07) is 9.90. The predicted molar refractivity (Wildman–Crippen MR) is 90.6 cm³/mol. The first kappa shape index (κ1) is 16.9. The molecule has 0 radical (unpaired) electrons. The molecule has 0 aromatic heterocycles. The lowest BCUT2D eigenvalue weighted by molar-refractivity contribution is -0.130. The van der Waals surface area contributed by atoms with Crippen molar-refractivity contribution < 1.29 is 4.79 Å². The van der Waals surface area contributed by atoms with Gasteiger partial charge in [0.2, 0.25) is 5.91 Å². The van der Waals surface area contributed by atoms with Crippen LogP contribution in [0.5, 0.6) is 0 Å². The Morgan fingerprint density at radius 2 is 2.00 bits per heavy atom. The lowest BCUT2D eigenvalue weighted by Crippen LogP contribution is -2.39. The standard InChI is InChI=1S/C17H23N3OS/c1-14(22-2)17(21)20-9-3-8-19(10-11-20)13-16-6-4-15(12-18)5-7-16/h4-7,14H,3,8-11,13H2,1-2H3/t14-/m0/s1. The van der Waals surface area contributed by atoms with Gasteiger partial charge in [-0.05, 0) is 37.3 Å². The summed E-state index contributed by atoms with van der Waals surface area (Å²) in [6.07, 6.45) is 3.00. The van der Waals surface area contributed by atoms with Gasteiger partial charge in [-0.25, -0.2) is 0 Å². The fourth-order valence-electron chi connectivity index (χ4n) is 2.65. The Morgan fingerprint density at radius 3 is 2.64 bits per heavy atom. The molecule has 0 spiro atoms. The summed E-state index contributed by atoms with van der Waals surface area (Å²) in [5.41, 5.74) is 1.92. The summed E-state index contributed by atoms with van der Waals surface area (Å²) in [7, 11) is 0. The van der Waals surface area contributed by atoms with Crippen LogP contribution in [0.2, 0.25) is 0 Å². The van der Waals surface area contributed by atoms with Crippen LogP contribution in [0.1, 0.15) is 24.5 Å². The first-order chi connectivity index (χ1) is 10.6. The number of rotatable bonds is 4. The predicted octanol–water partition coefficient (Wildman–Crippen LogP) is 2.34. The molecule has 1 heterocycles. The van der Waals surface area contributed by atoms with Gasteiger partial charge >= 0.3 is 0 Å². The summed E-state index contributed by atoms with van der Waals surface area (Å²) in [5.74, 6) is 0.257. The van der Waals surface area contributed by atoms with Gasteiger partial charge in [0, 0.05) is 32.7 Å². The highest BCUT2D eigenvalue weighted by Gasteiger charge is 2.22. The van der Waals surface area contributed by atoms with Gasteiger partial charge in [0.1, 0.15) is 0 Å². The van der Waals surface area contributed by atoms with E-state index in [0.29, 0.717) is 5.56 Å². The van der Waals surface area contributed by atoms with Crippen LogP contribution >= 0.6 is 11.8 Å². The molecule has 5 heteroatoms. The molecule has 22 heavy (non-hydrogen) atoms. The van der Waals surface area contributed by atoms with Crippen LogP contribution in [-0.2, 0) is 11.3 Å². The van der Waals surface area contributed by atoms with E-state index in [1.807, 2.05) is 42.3 Å². The van der Waals surface area contributed by atoms with Crippen LogP contribution in [-0.4, -0.2) is 53.4 Å². The van der Waals surface area contributed by atoms with Crippen LogP contribution in [0.4, 0.5) is 0 Å². The van der Waals surface area contributed by atoms with Gasteiger partial charge in [-0.2, -0.15) is 17.0 Å². The fourth-order valence-corrected chi connectivity index (χ4v) is 3.00. The van der Waals surface area contributed by atoms with Crippen LogP contribution in [0.25, 0.3) is 0 Å². The number of amides is 1. The molecule has 0 N–H and O–H groups in total. The summed E-state index contributed by atoms with van der Waals surface area (Å²) in [5, 5.41) is 8.88. The molecule has 0 bridgehead atoms. The molecule has 0 aliphatic carbocycles. The SMILES string of the molecule is CS[C@@H](C)C(=O)N1CCCN(Cc2ccc(C#N)cc2)CC1. The van der Waals surface area contributed by atoms with Gasteiger partial charge in [0.25, 0.3) is 0 Å². The largest absolute Gasteiger partial charge is 0.340 e. The molecule has 1 aromatic rings. The maximum absolute atomic E-state index is 12.3. The highest BCUT2D eigenvalue weighted by molar-refractivity contribution is 7.99. The lowest BCUT2D eigenvalue weighted by Gasteiger charge is -2.24. The molecule has 2 rings (SSSR count). The van der Waals surface area contributed by atoms with Crippen molar-refractivity contribution in [1.29, 1.82) is 5.26 Å². The van der Waals surface area contributed by atoms with E-state index in [2.05, 4.69) is 11.0 Å². The number of carbonyl (C=O) groups is 1. The van der Waals surface area contributed by atoms with E-state index in [4.69, 9.17) is 5.26 Å². The van der Waals surface area contributed by atoms with E-state index in [0.717, 1.165) is 39.1 Å². The molecular weight excluding hydrogens is 294 g/mol. The van der Waals surface area contributed by atoms with E-state index in [1.54, 1.807) is 11.8 Å². The summed E-state index contributed by atoms with van der Waals surface area (Å²) >= 11 is 1.61. The zero-order valence-electron chi connectivity index (χ0n) is 13.3. The molecule has 1 aromatic carbocycles. The van der Waals surface area contributed by atoms with Crippen molar-refractivity contribution in [1.82, 2.24) is 9.80 Å². The quantitative estimate of drug-likeness (QED) is 0.855. The molecule has 1 saturated heterocycles. The summed E-state index contributed by atoms with van der Waals surface area (Å²) in [4.78, 5) is 16.7. The average Bonchev–Trinajstić information content (AvgIpc) is 2.79. The number of nitriles is 1. The second-order valence-electron chi connectivity index (χ2n) is 5.64.